The van der Waals surface area contributed by atoms with Crippen molar-refractivity contribution in [1.29, 1.82) is 0 Å². The molecule has 2 aromatic rings. The predicted octanol–water partition coefficient (Wildman–Crippen LogP) is 2.38. The molecule has 2 rings (SSSR count). The van der Waals surface area contributed by atoms with E-state index in [-0.39, 0.29) is 24.3 Å². The molecule has 0 aliphatic carbocycles. The Morgan fingerprint density at radius 2 is 2.04 bits per heavy atom. The van der Waals surface area contributed by atoms with Crippen molar-refractivity contribution in [1.82, 2.24) is 9.88 Å². The third kappa shape index (κ3) is 4.66. The lowest BCUT2D eigenvalue weighted by molar-refractivity contribution is -0.127. The van der Waals surface area contributed by atoms with Gasteiger partial charge in [0.2, 0.25) is 5.91 Å². The molecule has 0 saturated carbocycles. The predicted molar refractivity (Wildman–Crippen MR) is 88.6 cm³/mol. The zero-order valence-corrected chi connectivity index (χ0v) is 13.0. The number of rotatable bonds is 6. The Morgan fingerprint density at radius 1 is 1.30 bits per heavy atom. The maximum atomic E-state index is 12.4. The normalized spacial score (nSPS) is 12.3. The molecule has 0 radical (unpaired) electrons. The molecule has 2 N–H and O–H groups in total. The van der Waals surface area contributed by atoms with Crippen molar-refractivity contribution in [3.63, 3.8) is 0 Å². The van der Waals surface area contributed by atoms with E-state index in [9.17, 15) is 15.0 Å². The van der Waals surface area contributed by atoms with E-state index in [4.69, 9.17) is 0 Å². The summed E-state index contributed by atoms with van der Waals surface area (Å²) in [5, 5.41) is 18.6. The standard InChI is InChI=1S/C18H20N2O3/c1-20(17(9-10-21)15-5-3-2-4-6-15)18(23)8-7-14-11-16(22)13-19-12-14/h2-8,11-13,17,21-22H,9-10H2,1H3/b8-7+. The van der Waals surface area contributed by atoms with E-state index in [0.717, 1.165) is 5.56 Å². The highest BCUT2D eigenvalue weighted by atomic mass is 16.3. The van der Waals surface area contributed by atoms with Gasteiger partial charge in [0.15, 0.2) is 0 Å². The van der Waals surface area contributed by atoms with Crippen molar-refractivity contribution in [3.05, 3.63) is 66.0 Å². The average molecular weight is 312 g/mol. The molecule has 0 aliphatic rings. The van der Waals surface area contributed by atoms with Crippen LogP contribution in [0.4, 0.5) is 0 Å². The molecular formula is C18H20N2O3. The molecule has 1 amide bonds. The molecule has 0 spiro atoms. The van der Waals surface area contributed by atoms with E-state index in [2.05, 4.69) is 4.98 Å². The van der Waals surface area contributed by atoms with Gasteiger partial charge in [-0.2, -0.15) is 0 Å². The molecular weight excluding hydrogens is 292 g/mol. The number of likely N-dealkylation sites (N-methyl/N-ethyl adjacent to an activating group) is 1. The highest BCUT2D eigenvalue weighted by Gasteiger charge is 2.19. The van der Waals surface area contributed by atoms with Crippen LogP contribution in [0.2, 0.25) is 0 Å². The Balaban J connectivity index is 2.13. The van der Waals surface area contributed by atoms with Gasteiger partial charge < -0.3 is 15.1 Å². The molecule has 1 aromatic heterocycles. The van der Waals surface area contributed by atoms with E-state index in [1.54, 1.807) is 24.2 Å². The van der Waals surface area contributed by atoms with Gasteiger partial charge in [0.1, 0.15) is 5.75 Å². The maximum Gasteiger partial charge on any atom is 0.246 e. The zero-order chi connectivity index (χ0) is 16.7. The van der Waals surface area contributed by atoms with Crippen molar-refractivity contribution >= 4 is 12.0 Å². The number of carbonyl (C=O) groups excluding carboxylic acids is 1. The van der Waals surface area contributed by atoms with Crippen LogP contribution in [0.15, 0.2) is 54.9 Å². The molecule has 0 saturated heterocycles. The number of pyridine rings is 1. The number of aliphatic hydroxyl groups excluding tert-OH is 1. The number of nitrogens with zero attached hydrogens (tertiary/aromatic N) is 2. The number of hydrogen-bond acceptors (Lipinski definition) is 4. The molecule has 1 heterocycles. The summed E-state index contributed by atoms with van der Waals surface area (Å²) in [4.78, 5) is 17.8. The number of hydrogen-bond donors (Lipinski definition) is 2. The van der Waals surface area contributed by atoms with Gasteiger partial charge >= 0.3 is 0 Å². The number of aromatic hydroxyl groups is 1. The number of amides is 1. The van der Waals surface area contributed by atoms with Gasteiger partial charge in [-0.1, -0.05) is 30.3 Å². The molecule has 1 atom stereocenters. The molecule has 0 fully saturated rings. The van der Waals surface area contributed by atoms with Crippen LogP contribution in [0.25, 0.3) is 6.08 Å². The highest BCUT2D eigenvalue weighted by molar-refractivity contribution is 5.91. The quantitative estimate of drug-likeness (QED) is 0.803. The van der Waals surface area contributed by atoms with Crippen LogP contribution in [0.1, 0.15) is 23.6 Å². The summed E-state index contributed by atoms with van der Waals surface area (Å²) in [5.41, 5.74) is 1.62. The summed E-state index contributed by atoms with van der Waals surface area (Å²) in [6.45, 7) is -0.00261. The fourth-order valence-electron chi connectivity index (χ4n) is 2.36. The largest absolute Gasteiger partial charge is 0.506 e. The van der Waals surface area contributed by atoms with Crippen LogP contribution in [-0.2, 0) is 4.79 Å². The van der Waals surface area contributed by atoms with Crippen LogP contribution < -0.4 is 0 Å². The smallest absolute Gasteiger partial charge is 0.246 e. The molecule has 0 aliphatic heterocycles. The first-order valence-electron chi connectivity index (χ1n) is 7.36. The van der Waals surface area contributed by atoms with Gasteiger partial charge in [-0.3, -0.25) is 9.78 Å². The molecule has 23 heavy (non-hydrogen) atoms. The van der Waals surface area contributed by atoms with Crippen molar-refractivity contribution in [2.24, 2.45) is 0 Å². The van der Waals surface area contributed by atoms with Crippen molar-refractivity contribution < 1.29 is 15.0 Å². The van der Waals surface area contributed by atoms with E-state index in [0.29, 0.717) is 12.0 Å². The molecule has 120 valence electrons. The summed E-state index contributed by atoms with van der Waals surface area (Å²) in [6, 6.07) is 10.9. The van der Waals surface area contributed by atoms with Crippen LogP contribution in [0.5, 0.6) is 5.75 Å². The van der Waals surface area contributed by atoms with Gasteiger partial charge in [0.25, 0.3) is 0 Å². The van der Waals surface area contributed by atoms with Gasteiger partial charge in [0.05, 0.1) is 12.2 Å². The first kappa shape index (κ1) is 16.7. The number of aliphatic hydroxyl groups is 1. The van der Waals surface area contributed by atoms with Gasteiger partial charge in [0, 0.05) is 25.9 Å². The number of aromatic nitrogens is 1. The summed E-state index contributed by atoms with van der Waals surface area (Å²) >= 11 is 0. The minimum atomic E-state index is -0.194. The minimum absolute atomic E-state index is 0.00261. The number of benzene rings is 1. The van der Waals surface area contributed by atoms with Crippen LogP contribution in [0, 0.1) is 0 Å². The fourth-order valence-corrected chi connectivity index (χ4v) is 2.36. The second-order valence-corrected chi connectivity index (χ2v) is 5.20. The molecule has 5 nitrogen and oxygen atoms in total. The molecule has 1 aromatic carbocycles. The molecule has 5 heteroatoms. The number of carbonyl (C=O) groups is 1. The highest BCUT2D eigenvalue weighted by Crippen LogP contribution is 2.23. The third-order valence-corrected chi connectivity index (χ3v) is 3.57. The monoisotopic (exact) mass is 312 g/mol. The Bertz CT molecular complexity index is 671. The van der Waals surface area contributed by atoms with E-state index in [1.807, 2.05) is 30.3 Å². The van der Waals surface area contributed by atoms with Crippen LogP contribution in [0.3, 0.4) is 0 Å². The Kier molecular flexibility index (Phi) is 5.88. The van der Waals surface area contributed by atoms with Gasteiger partial charge in [-0.15, -0.1) is 0 Å². The molecule has 1 unspecified atom stereocenters. The Labute approximate surface area is 135 Å². The van der Waals surface area contributed by atoms with E-state index in [1.165, 1.54) is 18.3 Å². The third-order valence-electron chi connectivity index (χ3n) is 3.57. The Hall–Kier alpha value is -2.66. The first-order chi connectivity index (χ1) is 11.1. The summed E-state index contributed by atoms with van der Waals surface area (Å²) < 4.78 is 0. The van der Waals surface area contributed by atoms with Crippen LogP contribution in [-0.4, -0.2) is 39.7 Å². The SMILES string of the molecule is CN(C(=O)/C=C/c1cncc(O)c1)C(CCO)c1ccccc1. The lowest BCUT2D eigenvalue weighted by Crippen LogP contribution is -2.30. The van der Waals surface area contributed by atoms with Crippen LogP contribution >= 0.6 is 0 Å². The van der Waals surface area contributed by atoms with Crippen molar-refractivity contribution in [2.45, 2.75) is 12.5 Å². The maximum absolute atomic E-state index is 12.4. The topological polar surface area (TPSA) is 73.7 Å². The molecule has 0 bridgehead atoms. The minimum Gasteiger partial charge on any atom is -0.506 e. The summed E-state index contributed by atoms with van der Waals surface area (Å²) in [6.07, 6.45) is 6.40. The summed E-state index contributed by atoms with van der Waals surface area (Å²) in [7, 11) is 1.71. The van der Waals surface area contributed by atoms with E-state index < -0.39 is 0 Å². The van der Waals surface area contributed by atoms with E-state index >= 15 is 0 Å². The van der Waals surface area contributed by atoms with Crippen molar-refractivity contribution in [2.75, 3.05) is 13.7 Å². The Morgan fingerprint density at radius 3 is 2.70 bits per heavy atom. The lowest BCUT2D eigenvalue weighted by atomic mass is 10.0. The average Bonchev–Trinajstić information content (AvgIpc) is 2.58. The zero-order valence-electron chi connectivity index (χ0n) is 13.0. The van der Waals surface area contributed by atoms with Gasteiger partial charge in [-0.05, 0) is 29.7 Å². The fraction of sp³-hybridized carbons (Fsp3) is 0.222. The van der Waals surface area contributed by atoms with Gasteiger partial charge in [-0.25, -0.2) is 0 Å². The second-order valence-electron chi connectivity index (χ2n) is 5.20. The summed E-state index contributed by atoms with van der Waals surface area (Å²) in [5.74, 6) is -0.133. The second kappa shape index (κ2) is 8.10. The lowest BCUT2D eigenvalue weighted by Gasteiger charge is -2.27. The first-order valence-corrected chi connectivity index (χ1v) is 7.36. The van der Waals surface area contributed by atoms with Crippen molar-refractivity contribution in [3.8, 4) is 5.75 Å².